The third-order valence-electron chi connectivity index (χ3n) is 5.20. The molecule has 2 saturated heterocycles. The number of nitrogens with zero attached hydrogens (tertiary/aromatic N) is 2. The SMILES string of the molecule is O=C(CCCOCc1ccccc1)N1CCCC(N2CCCC2)C1. The van der Waals surface area contributed by atoms with Gasteiger partial charge in [0.2, 0.25) is 5.91 Å². The number of ether oxygens (including phenoxy) is 1. The summed E-state index contributed by atoms with van der Waals surface area (Å²) in [5, 5.41) is 0. The van der Waals surface area contributed by atoms with E-state index in [0.29, 0.717) is 31.6 Å². The molecule has 3 rings (SSSR count). The molecule has 132 valence electrons. The number of amides is 1. The molecular formula is C20H30N2O2. The van der Waals surface area contributed by atoms with Gasteiger partial charge in [-0.3, -0.25) is 9.69 Å². The lowest BCUT2D eigenvalue weighted by Gasteiger charge is -2.37. The Balaban J connectivity index is 1.32. The van der Waals surface area contributed by atoms with Crippen LogP contribution in [0.5, 0.6) is 0 Å². The van der Waals surface area contributed by atoms with Crippen molar-refractivity contribution in [2.45, 2.75) is 51.2 Å². The zero-order chi connectivity index (χ0) is 16.6. The van der Waals surface area contributed by atoms with E-state index >= 15 is 0 Å². The van der Waals surface area contributed by atoms with Crippen molar-refractivity contribution in [2.75, 3.05) is 32.8 Å². The first-order valence-electron chi connectivity index (χ1n) is 9.46. The van der Waals surface area contributed by atoms with Crippen molar-refractivity contribution < 1.29 is 9.53 Å². The summed E-state index contributed by atoms with van der Waals surface area (Å²) in [6.45, 7) is 5.61. The molecule has 24 heavy (non-hydrogen) atoms. The molecule has 2 aliphatic rings. The van der Waals surface area contributed by atoms with Crippen LogP contribution in [0.2, 0.25) is 0 Å². The summed E-state index contributed by atoms with van der Waals surface area (Å²) in [4.78, 5) is 17.1. The van der Waals surface area contributed by atoms with Gasteiger partial charge >= 0.3 is 0 Å². The van der Waals surface area contributed by atoms with E-state index in [1.165, 1.54) is 37.9 Å². The Morgan fingerprint density at radius 3 is 2.67 bits per heavy atom. The van der Waals surface area contributed by atoms with E-state index in [4.69, 9.17) is 4.74 Å². The van der Waals surface area contributed by atoms with Crippen LogP contribution in [0.3, 0.4) is 0 Å². The lowest BCUT2D eigenvalue weighted by Crippen LogP contribution is -2.48. The van der Waals surface area contributed by atoms with Crippen molar-refractivity contribution in [3.05, 3.63) is 35.9 Å². The standard InChI is InChI=1S/C20H30N2O2/c23-20(11-7-15-24-17-18-8-2-1-3-9-18)22-14-6-10-19(16-22)21-12-4-5-13-21/h1-3,8-9,19H,4-7,10-17H2. The largest absolute Gasteiger partial charge is 0.377 e. The fourth-order valence-electron chi connectivity index (χ4n) is 3.83. The Morgan fingerprint density at radius 2 is 1.88 bits per heavy atom. The van der Waals surface area contributed by atoms with Crippen LogP contribution in [-0.2, 0) is 16.1 Å². The summed E-state index contributed by atoms with van der Waals surface area (Å²) in [5.74, 6) is 0.308. The van der Waals surface area contributed by atoms with Gasteiger partial charge in [0, 0.05) is 32.2 Å². The zero-order valence-electron chi connectivity index (χ0n) is 14.7. The Bertz CT molecular complexity index is 500. The third kappa shape index (κ3) is 5.05. The fraction of sp³-hybridized carbons (Fsp3) is 0.650. The molecule has 2 aliphatic heterocycles. The molecule has 1 aromatic rings. The topological polar surface area (TPSA) is 32.8 Å². The van der Waals surface area contributed by atoms with Crippen LogP contribution in [0.1, 0.15) is 44.1 Å². The van der Waals surface area contributed by atoms with Gasteiger partial charge in [0.05, 0.1) is 6.61 Å². The van der Waals surface area contributed by atoms with Crippen molar-refractivity contribution >= 4 is 5.91 Å². The van der Waals surface area contributed by atoms with E-state index in [1.807, 2.05) is 18.2 Å². The van der Waals surface area contributed by atoms with Crippen LogP contribution in [0.15, 0.2) is 30.3 Å². The minimum Gasteiger partial charge on any atom is -0.377 e. The van der Waals surface area contributed by atoms with E-state index < -0.39 is 0 Å². The first-order chi connectivity index (χ1) is 11.8. The first-order valence-corrected chi connectivity index (χ1v) is 9.46. The van der Waals surface area contributed by atoms with E-state index in [9.17, 15) is 4.79 Å². The van der Waals surface area contributed by atoms with E-state index in [2.05, 4.69) is 21.9 Å². The number of hydrogen-bond acceptors (Lipinski definition) is 3. The molecule has 1 aromatic carbocycles. The number of carbonyl (C=O) groups excluding carboxylic acids is 1. The molecule has 0 aliphatic carbocycles. The van der Waals surface area contributed by atoms with E-state index in [0.717, 1.165) is 25.9 Å². The van der Waals surface area contributed by atoms with Crippen LogP contribution < -0.4 is 0 Å². The van der Waals surface area contributed by atoms with Crippen LogP contribution in [0, 0.1) is 0 Å². The number of likely N-dealkylation sites (tertiary alicyclic amines) is 2. The number of hydrogen-bond donors (Lipinski definition) is 0. The second kappa shape index (κ2) is 9.19. The summed E-state index contributed by atoms with van der Waals surface area (Å²) >= 11 is 0. The Labute approximate surface area is 145 Å². The summed E-state index contributed by atoms with van der Waals surface area (Å²) in [5.41, 5.74) is 1.19. The zero-order valence-corrected chi connectivity index (χ0v) is 14.7. The summed E-state index contributed by atoms with van der Waals surface area (Å²) < 4.78 is 5.68. The van der Waals surface area contributed by atoms with Gasteiger partial charge in [0.25, 0.3) is 0 Å². The minimum atomic E-state index is 0.308. The predicted molar refractivity (Wildman–Crippen MR) is 95.7 cm³/mol. The fourth-order valence-corrected chi connectivity index (χ4v) is 3.83. The molecule has 2 fully saturated rings. The normalized spacial score (nSPS) is 22.0. The average Bonchev–Trinajstić information content (AvgIpc) is 3.17. The van der Waals surface area contributed by atoms with Gasteiger partial charge in [-0.05, 0) is 50.8 Å². The highest BCUT2D eigenvalue weighted by atomic mass is 16.5. The van der Waals surface area contributed by atoms with Gasteiger partial charge in [-0.25, -0.2) is 0 Å². The Hall–Kier alpha value is -1.39. The van der Waals surface area contributed by atoms with Crippen LogP contribution in [-0.4, -0.2) is 54.5 Å². The summed E-state index contributed by atoms with van der Waals surface area (Å²) in [7, 11) is 0. The molecular weight excluding hydrogens is 300 g/mol. The van der Waals surface area contributed by atoms with Crippen molar-refractivity contribution in [3.8, 4) is 0 Å². The maximum atomic E-state index is 12.4. The van der Waals surface area contributed by atoms with Gasteiger partial charge in [-0.1, -0.05) is 30.3 Å². The van der Waals surface area contributed by atoms with Gasteiger partial charge in [-0.2, -0.15) is 0 Å². The highest BCUT2D eigenvalue weighted by molar-refractivity contribution is 5.76. The van der Waals surface area contributed by atoms with E-state index in [1.54, 1.807) is 0 Å². The lowest BCUT2D eigenvalue weighted by atomic mass is 10.0. The quantitative estimate of drug-likeness (QED) is 0.720. The second-order valence-electron chi connectivity index (χ2n) is 7.02. The number of rotatable bonds is 7. The van der Waals surface area contributed by atoms with Gasteiger partial charge in [0.1, 0.15) is 0 Å². The maximum absolute atomic E-state index is 12.4. The monoisotopic (exact) mass is 330 g/mol. The Morgan fingerprint density at radius 1 is 1.08 bits per heavy atom. The summed E-state index contributed by atoms with van der Waals surface area (Å²) in [6.07, 6.45) is 6.48. The van der Waals surface area contributed by atoms with Crippen molar-refractivity contribution in [2.24, 2.45) is 0 Å². The lowest BCUT2D eigenvalue weighted by molar-refractivity contribution is -0.133. The van der Waals surface area contributed by atoms with Crippen molar-refractivity contribution in [1.82, 2.24) is 9.80 Å². The maximum Gasteiger partial charge on any atom is 0.222 e. The molecule has 0 radical (unpaired) electrons. The second-order valence-corrected chi connectivity index (χ2v) is 7.02. The van der Waals surface area contributed by atoms with Gasteiger partial charge < -0.3 is 9.64 Å². The highest BCUT2D eigenvalue weighted by Gasteiger charge is 2.28. The molecule has 4 heteroatoms. The molecule has 1 amide bonds. The highest BCUT2D eigenvalue weighted by Crippen LogP contribution is 2.21. The minimum absolute atomic E-state index is 0.308. The van der Waals surface area contributed by atoms with Crippen LogP contribution in [0.4, 0.5) is 0 Å². The molecule has 0 aromatic heterocycles. The molecule has 0 spiro atoms. The molecule has 0 bridgehead atoms. The molecule has 4 nitrogen and oxygen atoms in total. The smallest absolute Gasteiger partial charge is 0.222 e. The molecule has 2 heterocycles. The predicted octanol–water partition coefficient (Wildman–Crippen LogP) is 3.07. The molecule has 0 saturated carbocycles. The van der Waals surface area contributed by atoms with E-state index in [-0.39, 0.29) is 0 Å². The van der Waals surface area contributed by atoms with Gasteiger partial charge in [-0.15, -0.1) is 0 Å². The third-order valence-corrected chi connectivity index (χ3v) is 5.20. The van der Waals surface area contributed by atoms with Crippen LogP contribution >= 0.6 is 0 Å². The molecule has 1 unspecified atom stereocenters. The molecule has 0 N–H and O–H groups in total. The number of benzene rings is 1. The first kappa shape index (κ1) is 17.4. The average molecular weight is 330 g/mol. The Kier molecular flexibility index (Phi) is 6.67. The van der Waals surface area contributed by atoms with Crippen molar-refractivity contribution in [3.63, 3.8) is 0 Å². The molecule has 1 atom stereocenters. The van der Waals surface area contributed by atoms with Gasteiger partial charge in [0.15, 0.2) is 0 Å². The summed E-state index contributed by atoms with van der Waals surface area (Å²) in [6, 6.07) is 10.8. The number of piperidine rings is 1. The van der Waals surface area contributed by atoms with Crippen molar-refractivity contribution in [1.29, 1.82) is 0 Å². The number of carbonyl (C=O) groups is 1. The van der Waals surface area contributed by atoms with Crippen LogP contribution in [0.25, 0.3) is 0 Å².